The van der Waals surface area contributed by atoms with Gasteiger partial charge in [-0.2, -0.15) is 0 Å². The Labute approximate surface area is 105 Å². The Kier molecular flexibility index (Phi) is 2.62. The van der Waals surface area contributed by atoms with Gasteiger partial charge in [-0.1, -0.05) is 12.1 Å². The van der Waals surface area contributed by atoms with Crippen LogP contribution in [0, 0.1) is 5.41 Å². The van der Waals surface area contributed by atoms with Gasteiger partial charge in [-0.25, -0.2) is 0 Å². The molecule has 18 heavy (non-hydrogen) atoms. The summed E-state index contributed by atoms with van der Waals surface area (Å²) in [5, 5.41) is 12.3. The van der Waals surface area contributed by atoms with E-state index in [-0.39, 0.29) is 24.0 Å². The van der Waals surface area contributed by atoms with E-state index in [9.17, 15) is 9.90 Å². The van der Waals surface area contributed by atoms with Crippen LogP contribution < -0.4 is 11.1 Å². The predicted octanol–water partition coefficient (Wildman–Crippen LogP) is 0.190. The smallest absolute Gasteiger partial charge is 0.228 e. The van der Waals surface area contributed by atoms with Crippen molar-refractivity contribution in [2.75, 3.05) is 25.1 Å². The van der Waals surface area contributed by atoms with Gasteiger partial charge in [-0.05, 0) is 17.2 Å². The SMILES string of the molecule is NC(c1ccc2c(c1)CC(=O)N2)C1(CO)COC1. The van der Waals surface area contributed by atoms with Crippen molar-refractivity contribution >= 4 is 11.6 Å². The fourth-order valence-electron chi connectivity index (χ4n) is 2.53. The molecule has 1 unspecified atom stereocenters. The highest BCUT2D eigenvalue weighted by atomic mass is 16.5. The van der Waals surface area contributed by atoms with Gasteiger partial charge in [0.2, 0.25) is 5.91 Å². The maximum atomic E-state index is 11.3. The maximum absolute atomic E-state index is 11.3. The first-order chi connectivity index (χ1) is 8.64. The summed E-state index contributed by atoms with van der Waals surface area (Å²) in [6.07, 6.45) is 0.401. The summed E-state index contributed by atoms with van der Waals surface area (Å²) in [6.45, 7) is 0.986. The number of aliphatic hydroxyl groups excluding tert-OH is 1. The summed E-state index contributed by atoms with van der Waals surface area (Å²) in [5.41, 5.74) is 8.64. The van der Waals surface area contributed by atoms with Crippen molar-refractivity contribution in [1.82, 2.24) is 0 Å². The van der Waals surface area contributed by atoms with E-state index in [1.54, 1.807) is 0 Å². The van der Waals surface area contributed by atoms with Crippen LogP contribution in [0.1, 0.15) is 17.2 Å². The molecule has 1 amide bonds. The molecule has 1 aromatic rings. The van der Waals surface area contributed by atoms with Gasteiger partial charge in [0.05, 0.1) is 31.7 Å². The quantitative estimate of drug-likeness (QED) is 0.713. The Hall–Kier alpha value is -1.43. The third kappa shape index (κ3) is 1.63. The normalized spacial score (nSPS) is 22.0. The lowest BCUT2D eigenvalue weighted by atomic mass is 9.76. The van der Waals surface area contributed by atoms with Crippen LogP contribution in [0.2, 0.25) is 0 Å². The number of benzene rings is 1. The lowest BCUT2D eigenvalue weighted by Crippen LogP contribution is -2.52. The minimum absolute atomic E-state index is 0.0135. The van der Waals surface area contributed by atoms with Crippen LogP contribution in [0.3, 0.4) is 0 Å². The second kappa shape index (κ2) is 4.05. The standard InChI is InChI=1S/C13H16N2O3/c14-12(13(5-16)6-18-7-13)8-1-2-10-9(3-8)4-11(17)15-10/h1-3,12,16H,4-7,14H2,(H,15,17). The molecule has 1 saturated heterocycles. The van der Waals surface area contributed by atoms with Crippen LogP contribution in [0.25, 0.3) is 0 Å². The Morgan fingerprint density at radius 3 is 2.89 bits per heavy atom. The Morgan fingerprint density at radius 1 is 1.50 bits per heavy atom. The van der Waals surface area contributed by atoms with Crippen LogP contribution in [0.5, 0.6) is 0 Å². The van der Waals surface area contributed by atoms with Gasteiger partial charge in [0.1, 0.15) is 0 Å². The monoisotopic (exact) mass is 248 g/mol. The molecular weight excluding hydrogens is 232 g/mol. The summed E-state index contributed by atoms with van der Waals surface area (Å²) >= 11 is 0. The predicted molar refractivity (Wildman–Crippen MR) is 66.0 cm³/mol. The number of nitrogens with two attached hydrogens (primary N) is 1. The van der Waals surface area contributed by atoms with Gasteiger partial charge in [0.15, 0.2) is 0 Å². The molecule has 1 fully saturated rings. The minimum atomic E-state index is -0.371. The fraction of sp³-hybridized carbons (Fsp3) is 0.462. The summed E-state index contributed by atoms with van der Waals surface area (Å²) in [7, 11) is 0. The third-order valence-corrected chi connectivity index (χ3v) is 3.87. The molecule has 4 N–H and O–H groups in total. The molecule has 2 aliphatic rings. The highest BCUT2D eigenvalue weighted by Gasteiger charge is 2.44. The molecule has 0 aromatic heterocycles. The Bertz CT molecular complexity index is 491. The molecule has 1 atom stereocenters. The second-order valence-electron chi connectivity index (χ2n) is 5.13. The zero-order valence-electron chi connectivity index (χ0n) is 9.98. The van der Waals surface area contributed by atoms with E-state index in [0.29, 0.717) is 19.6 Å². The lowest BCUT2D eigenvalue weighted by molar-refractivity contribution is -0.150. The van der Waals surface area contributed by atoms with E-state index >= 15 is 0 Å². The number of ether oxygens (including phenoxy) is 1. The molecule has 96 valence electrons. The number of anilines is 1. The molecular formula is C13H16N2O3. The first-order valence-electron chi connectivity index (χ1n) is 6.01. The number of carbonyl (C=O) groups excluding carboxylic acids is 1. The average Bonchev–Trinajstić information content (AvgIpc) is 2.67. The van der Waals surface area contributed by atoms with Crippen LogP contribution in [0.4, 0.5) is 5.69 Å². The summed E-state index contributed by atoms with van der Waals surface area (Å²) in [6, 6.07) is 5.47. The van der Waals surface area contributed by atoms with Crippen molar-refractivity contribution in [2.45, 2.75) is 12.5 Å². The first-order valence-corrected chi connectivity index (χ1v) is 6.01. The highest BCUT2D eigenvalue weighted by molar-refractivity contribution is 5.99. The zero-order chi connectivity index (χ0) is 12.8. The van der Waals surface area contributed by atoms with Gasteiger partial charge in [0.25, 0.3) is 0 Å². The van der Waals surface area contributed by atoms with Crippen LogP contribution >= 0.6 is 0 Å². The van der Waals surface area contributed by atoms with Gasteiger partial charge >= 0.3 is 0 Å². The van der Waals surface area contributed by atoms with Gasteiger partial charge in [-0.15, -0.1) is 0 Å². The largest absolute Gasteiger partial charge is 0.396 e. The van der Waals surface area contributed by atoms with Crippen molar-refractivity contribution in [3.05, 3.63) is 29.3 Å². The molecule has 5 nitrogen and oxygen atoms in total. The molecule has 2 heterocycles. The Balaban J connectivity index is 1.89. The third-order valence-electron chi connectivity index (χ3n) is 3.87. The van der Waals surface area contributed by atoms with Crippen LogP contribution in [-0.2, 0) is 16.0 Å². The molecule has 2 aliphatic heterocycles. The average molecular weight is 248 g/mol. The Morgan fingerprint density at radius 2 is 2.28 bits per heavy atom. The fourth-order valence-corrected chi connectivity index (χ4v) is 2.53. The molecule has 1 aromatic carbocycles. The molecule has 0 aliphatic carbocycles. The summed E-state index contributed by atoms with van der Waals surface area (Å²) in [5.74, 6) is 0.0135. The van der Waals surface area contributed by atoms with E-state index in [0.717, 1.165) is 16.8 Å². The van der Waals surface area contributed by atoms with E-state index in [2.05, 4.69) is 5.32 Å². The van der Waals surface area contributed by atoms with E-state index in [1.807, 2.05) is 18.2 Å². The van der Waals surface area contributed by atoms with Gasteiger partial charge in [-0.3, -0.25) is 4.79 Å². The van der Waals surface area contributed by atoms with Crippen molar-refractivity contribution in [3.8, 4) is 0 Å². The van der Waals surface area contributed by atoms with Crippen molar-refractivity contribution in [3.63, 3.8) is 0 Å². The summed E-state index contributed by atoms with van der Waals surface area (Å²) in [4.78, 5) is 11.3. The second-order valence-corrected chi connectivity index (χ2v) is 5.13. The number of fused-ring (bicyclic) bond motifs is 1. The van der Waals surface area contributed by atoms with E-state index < -0.39 is 0 Å². The van der Waals surface area contributed by atoms with Crippen LogP contribution in [0.15, 0.2) is 18.2 Å². The van der Waals surface area contributed by atoms with Crippen LogP contribution in [-0.4, -0.2) is 30.8 Å². The van der Waals surface area contributed by atoms with Crippen molar-refractivity contribution in [1.29, 1.82) is 0 Å². The minimum Gasteiger partial charge on any atom is -0.396 e. The lowest BCUT2D eigenvalue weighted by Gasteiger charge is -2.44. The molecule has 3 rings (SSSR count). The number of aliphatic hydroxyl groups is 1. The topological polar surface area (TPSA) is 84.6 Å². The van der Waals surface area contributed by atoms with Gasteiger partial charge < -0.3 is 20.9 Å². The first kappa shape index (κ1) is 11.6. The molecule has 0 radical (unpaired) electrons. The number of nitrogens with one attached hydrogen (secondary N) is 1. The molecule has 0 bridgehead atoms. The summed E-state index contributed by atoms with van der Waals surface area (Å²) < 4.78 is 5.17. The number of hydrogen-bond acceptors (Lipinski definition) is 4. The van der Waals surface area contributed by atoms with Crippen molar-refractivity contribution < 1.29 is 14.6 Å². The number of hydrogen-bond donors (Lipinski definition) is 3. The van der Waals surface area contributed by atoms with Gasteiger partial charge in [0, 0.05) is 11.7 Å². The van der Waals surface area contributed by atoms with E-state index in [4.69, 9.17) is 10.5 Å². The molecule has 0 saturated carbocycles. The number of rotatable bonds is 3. The highest BCUT2D eigenvalue weighted by Crippen LogP contribution is 2.39. The molecule has 5 heteroatoms. The molecule has 0 spiro atoms. The number of carbonyl (C=O) groups is 1. The van der Waals surface area contributed by atoms with E-state index in [1.165, 1.54) is 0 Å². The zero-order valence-corrected chi connectivity index (χ0v) is 9.98. The number of amides is 1. The maximum Gasteiger partial charge on any atom is 0.228 e. The van der Waals surface area contributed by atoms with Crippen molar-refractivity contribution in [2.24, 2.45) is 11.1 Å².